The Hall–Kier alpha value is -1.29. The van der Waals surface area contributed by atoms with E-state index in [1.54, 1.807) is 0 Å². The van der Waals surface area contributed by atoms with Gasteiger partial charge in [-0.1, -0.05) is 0 Å². The second-order valence-electron chi connectivity index (χ2n) is 2.58. The van der Waals surface area contributed by atoms with Crippen LogP contribution in [0.3, 0.4) is 0 Å². The molecule has 0 bridgehead atoms. The van der Waals surface area contributed by atoms with E-state index in [0.29, 0.717) is 11.3 Å². The number of hydrogen-bond acceptors (Lipinski definition) is 2. The fourth-order valence-electron chi connectivity index (χ4n) is 1.05. The van der Waals surface area contributed by atoms with Crippen LogP contribution in [0.1, 0.15) is 5.56 Å². The maximum Gasteiger partial charge on any atom is 0.314 e. The minimum absolute atomic E-state index is 0.142. The van der Waals surface area contributed by atoms with Crippen LogP contribution in [0.15, 0.2) is 18.2 Å². The van der Waals surface area contributed by atoms with Gasteiger partial charge in [-0.15, -0.1) is 0 Å². The highest BCUT2D eigenvalue weighted by molar-refractivity contribution is 6.62. The van der Waals surface area contributed by atoms with Crippen LogP contribution in [-0.2, 0) is 6.54 Å². The highest BCUT2D eigenvalue weighted by atomic mass is 35.5. The quantitative estimate of drug-likeness (QED) is 0.623. The van der Waals surface area contributed by atoms with Gasteiger partial charge in [0.05, 0.1) is 7.11 Å². The smallest absolute Gasteiger partial charge is 0.314 e. The van der Waals surface area contributed by atoms with Crippen LogP contribution in [0.5, 0.6) is 5.75 Å². The first-order valence-corrected chi connectivity index (χ1v) is 4.27. The van der Waals surface area contributed by atoms with E-state index >= 15 is 0 Å². The summed E-state index contributed by atoms with van der Waals surface area (Å²) in [5.74, 6) is 0.126. The summed E-state index contributed by atoms with van der Waals surface area (Å²) in [6, 6.07) is 4.06. The van der Waals surface area contributed by atoms with Crippen LogP contribution < -0.4 is 10.1 Å². The number of ether oxygens (including phenoxy) is 1. The molecule has 0 radical (unpaired) electrons. The molecule has 0 spiro atoms. The number of nitrogens with one attached hydrogen (secondary N) is 1. The molecule has 0 heterocycles. The first-order valence-electron chi connectivity index (χ1n) is 3.89. The molecule has 0 saturated carbocycles. The van der Waals surface area contributed by atoms with Gasteiger partial charge in [0, 0.05) is 12.1 Å². The van der Waals surface area contributed by atoms with Crippen LogP contribution >= 0.6 is 11.6 Å². The zero-order chi connectivity index (χ0) is 10.6. The van der Waals surface area contributed by atoms with Crippen molar-refractivity contribution in [2.75, 3.05) is 7.11 Å². The summed E-state index contributed by atoms with van der Waals surface area (Å²) in [6.07, 6.45) is 0. The number of hydrogen-bond donors (Lipinski definition) is 1. The number of methoxy groups -OCH3 is 1. The predicted octanol–water partition coefficient (Wildman–Crippen LogP) is 2.28. The van der Waals surface area contributed by atoms with Crippen molar-refractivity contribution in [3.05, 3.63) is 29.6 Å². The Morgan fingerprint density at radius 2 is 2.36 bits per heavy atom. The van der Waals surface area contributed by atoms with Crippen LogP contribution in [-0.4, -0.2) is 12.5 Å². The Bertz CT molecular complexity index is 344. The van der Waals surface area contributed by atoms with E-state index in [2.05, 4.69) is 5.32 Å². The molecule has 1 rings (SSSR count). The summed E-state index contributed by atoms with van der Waals surface area (Å²) < 4.78 is 17.8. The average molecular weight is 218 g/mol. The molecule has 1 aromatic carbocycles. The highest BCUT2D eigenvalue weighted by Gasteiger charge is 2.05. The monoisotopic (exact) mass is 217 g/mol. The number of amides is 1. The van der Waals surface area contributed by atoms with Crippen LogP contribution in [0.2, 0.25) is 0 Å². The maximum absolute atomic E-state index is 12.8. The number of benzene rings is 1. The van der Waals surface area contributed by atoms with Crippen molar-refractivity contribution in [1.29, 1.82) is 0 Å². The fraction of sp³-hybridized carbons (Fsp3) is 0.222. The zero-order valence-electron chi connectivity index (χ0n) is 7.51. The second kappa shape index (κ2) is 4.81. The van der Waals surface area contributed by atoms with E-state index < -0.39 is 5.37 Å². The molecule has 0 aliphatic rings. The van der Waals surface area contributed by atoms with Gasteiger partial charge in [0.25, 0.3) is 0 Å². The molecule has 14 heavy (non-hydrogen) atoms. The fourth-order valence-corrected chi connectivity index (χ4v) is 1.12. The predicted molar refractivity (Wildman–Crippen MR) is 51.0 cm³/mol. The maximum atomic E-state index is 12.8. The van der Waals surface area contributed by atoms with E-state index in [1.165, 1.54) is 25.3 Å². The molecule has 0 saturated heterocycles. The third-order valence-corrected chi connectivity index (χ3v) is 1.79. The van der Waals surface area contributed by atoms with Gasteiger partial charge < -0.3 is 10.1 Å². The van der Waals surface area contributed by atoms with Gasteiger partial charge in [0.2, 0.25) is 0 Å². The van der Waals surface area contributed by atoms with Gasteiger partial charge in [0.15, 0.2) is 0 Å². The van der Waals surface area contributed by atoms with E-state index in [-0.39, 0.29) is 12.4 Å². The number of halogens is 2. The lowest BCUT2D eigenvalue weighted by atomic mass is 10.2. The van der Waals surface area contributed by atoms with Crippen molar-refractivity contribution in [2.45, 2.75) is 6.54 Å². The van der Waals surface area contributed by atoms with Gasteiger partial charge in [-0.3, -0.25) is 4.79 Å². The zero-order valence-corrected chi connectivity index (χ0v) is 8.27. The summed E-state index contributed by atoms with van der Waals surface area (Å²) in [6.45, 7) is 0.142. The molecule has 0 aromatic heterocycles. The van der Waals surface area contributed by atoms with Crippen LogP contribution in [0.25, 0.3) is 0 Å². The molecular weight excluding hydrogens is 209 g/mol. The summed E-state index contributed by atoms with van der Waals surface area (Å²) in [5.41, 5.74) is 0.543. The minimum Gasteiger partial charge on any atom is -0.496 e. The standard InChI is InChI=1S/C9H9ClFNO2/c1-14-8-3-2-7(11)4-6(8)5-12-9(10)13/h2-4H,5H2,1H3,(H,12,13). The second-order valence-corrected chi connectivity index (χ2v) is 2.93. The normalized spacial score (nSPS) is 9.64. The molecular formula is C9H9ClFNO2. The largest absolute Gasteiger partial charge is 0.496 e. The van der Waals surface area contributed by atoms with Gasteiger partial charge in [0.1, 0.15) is 11.6 Å². The molecule has 1 N–H and O–H groups in total. The van der Waals surface area contributed by atoms with Crippen molar-refractivity contribution in [3.8, 4) is 5.75 Å². The first kappa shape index (κ1) is 10.8. The Morgan fingerprint density at radius 3 is 2.93 bits per heavy atom. The topological polar surface area (TPSA) is 38.3 Å². The number of carbonyl (C=O) groups excluding carboxylic acids is 1. The lowest BCUT2D eigenvalue weighted by Gasteiger charge is -2.07. The summed E-state index contributed by atoms with van der Waals surface area (Å²) in [4.78, 5) is 10.4. The third-order valence-electron chi connectivity index (χ3n) is 1.66. The molecule has 5 heteroatoms. The molecule has 1 amide bonds. The van der Waals surface area contributed by atoms with E-state index in [1.807, 2.05) is 0 Å². The van der Waals surface area contributed by atoms with Gasteiger partial charge in [-0.05, 0) is 29.8 Å². The molecule has 0 aliphatic carbocycles. The molecule has 0 aliphatic heterocycles. The summed E-state index contributed by atoms with van der Waals surface area (Å²) in [7, 11) is 1.47. The minimum atomic E-state index is -0.684. The Kier molecular flexibility index (Phi) is 3.71. The number of rotatable bonds is 3. The van der Waals surface area contributed by atoms with Crippen molar-refractivity contribution in [2.24, 2.45) is 0 Å². The Morgan fingerprint density at radius 1 is 1.64 bits per heavy atom. The van der Waals surface area contributed by atoms with E-state index in [9.17, 15) is 9.18 Å². The third kappa shape index (κ3) is 2.88. The lowest BCUT2D eigenvalue weighted by Crippen LogP contribution is -2.16. The van der Waals surface area contributed by atoms with Crippen molar-refractivity contribution < 1.29 is 13.9 Å². The Balaban J connectivity index is 2.82. The van der Waals surface area contributed by atoms with Gasteiger partial charge >= 0.3 is 5.37 Å². The Labute approximate surface area is 85.8 Å². The molecule has 76 valence electrons. The molecule has 3 nitrogen and oxygen atoms in total. The van der Waals surface area contributed by atoms with Crippen molar-refractivity contribution in [1.82, 2.24) is 5.32 Å². The average Bonchev–Trinajstić information content (AvgIpc) is 2.15. The molecule has 0 atom stereocenters. The summed E-state index contributed by atoms with van der Waals surface area (Å²) in [5, 5.41) is 1.66. The van der Waals surface area contributed by atoms with Crippen LogP contribution in [0, 0.1) is 5.82 Å². The van der Waals surface area contributed by atoms with E-state index in [0.717, 1.165) is 0 Å². The summed E-state index contributed by atoms with van der Waals surface area (Å²) >= 11 is 5.08. The first-order chi connectivity index (χ1) is 6.63. The van der Waals surface area contributed by atoms with Gasteiger partial charge in [-0.25, -0.2) is 4.39 Å². The van der Waals surface area contributed by atoms with Gasteiger partial charge in [-0.2, -0.15) is 0 Å². The SMILES string of the molecule is COc1ccc(F)cc1CNC(=O)Cl. The van der Waals surface area contributed by atoms with Crippen molar-refractivity contribution in [3.63, 3.8) is 0 Å². The molecule has 0 unspecified atom stereocenters. The molecule has 1 aromatic rings. The number of carbonyl (C=O) groups is 1. The van der Waals surface area contributed by atoms with Crippen LogP contribution in [0.4, 0.5) is 9.18 Å². The van der Waals surface area contributed by atoms with Crippen molar-refractivity contribution >= 4 is 17.0 Å². The molecule has 0 fully saturated rings. The lowest BCUT2D eigenvalue weighted by molar-refractivity contribution is 0.259. The highest BCUT2D eigenvalue weighted by Crippen LogP contribution is 2.18. The van der Waals surface area contributed by atoms with E-state index in [4.69, 9.17) is 16.3 Å².